The van der Waals surface area contributed by atoms with Crippen molar-refractivity contribution in [2.24, 2.45) is 0 Å². The minimum absolute atomic E-state index is 0.0449. The van der Waals surface area contributed by atoms with Gasteiger partial charge in [0.05, 0.1) is 16.5 Å². The third kappa shape index (κ3) is 3.26. The van der Waals surface area contributed by atoms with Gasteiger partial charge < -0.3 is 10.4 Å². The largest absolute Gasteiger partial charge is 0.506 e. The van der Waals surface area contributed by atoms with Crippen LogP contribution in [-0.2, 0) is 9.84 Å². The fourth-order valence-corrected chi connectivity index (χ4v) is 3.54. The van der Waals surface area contributed by atoms with Crippen LogP contribution in [0.3, 0.4) is 0 Å². The second-order valence-electron chi connectivity index (χ2n) is 4.24. The summed E-state index contributed by atoms with van der Waals surface area (Å²) in [5, 5.41) is 12.8. The van der Waals surface area contributed by atoms with E-state index in [1.54, 1.807) is 12.1 Å². The Bertz CT molecular complexity index is 501. The summed E-state index contributed by atoms with van der Waals surface area (Å²) in [6, 6.07) is 5.04. The predicted octanol–water partition coefficient (Wildman–Crippen LogP) is 2.03. The van der Waals surface area contributed by atoms with Crippen molar-refractivity contribution in [2.45, 2.75) is 18.9 Å². The molecule has 1 aromatic rings. The third-order valence-corrected chi connectivity index (χ3v) is 4.89. The van der Waals surface area contributed by atoms with Crippen LogP contribution in [0.15, 0.2) is 18.2 Å². The first kappa shape index (κ1) is 12.5. The zero-order chi connectivity index (χ0) is 12.5. The molecule has 2 N–H and O–H groups in total. The van der Waals surface area contributed by atoms with Gasteiger partial charge in [-0.3, -0.25) is 0 Å². The van der Waals surface area contributed by atoms with E-state index in [1.807, 2.05) is 0 Å². The molecule has 0 spiro atoms. The highest BCUT2D eigenvalue weighted by molar-refractivity contribution is 7.91. The first-order chi connectivity index (χ1) is 7.96. The Hall–Kier alpha value is -0.940. The van der Waals surface area contributed by atoms with Gasteiger partial charge in [-0.15, -0.1) is 0 Å². The van der Waals surface area contributed by atoms with Crippen LogP contribution in [0.25, 0.3) is 0 Å². The van der Waals surface area contributed by atoms with Crippen molar-refractivity contribution in [1.29, 1.82) is 0 Å². The van der Waals surface area contributed by atoms with Gasteiger partial charge in [-0.2, -0.15) is 0 Å². The molecule has 1 aromatic carbocycles. The fraction of sp³-hybridized carbons (Fsp3) is 0.455. The molecule has 1 heterocycles. The minimum Gasteiger partial charge on any atom is -0.506 e. The lowest BCUT2D eigenvalue weighted by Gasteiger charge is -2.24. The number of nitrogens with one attached hydrogen (secondary N) is 1. The van der Waals surface area contributed by atoms with Gasteiger partial charge in [0.1, 0.15) is 15.6 Å². The summed E-state index contributed by atoms with van der Waals surface area (Å²) in [7, 11) is -2.83. The average molecular weight is 276 g/mol. The Morgan fingerprint density at radius 3 is 2.53 bits per heavy atom. The lowest BCUT2D eigenvalue weighted by molar-refractivity contribution is 0.475. The molecule has 0 saturated carbocycles. The Labute approximate surface area is 106 Å². The molecule has 0 aliphatic carbocycles. The van der Waals surface area contributed by atoms with Crippen LogP contribution in [-0.4, -0.2) is 31.1 Å². The second-order valence-corrected chi connectivity index (χ2v) is 6.95. The normalized spacial score (nSPS) is 20.1. The zero-order valence-corrected chi connectivity index (χ0v) is 10.8. The lowest BCUT2D eigenvalue weighted by Crippen LogP contribution is -2.32. The van der Waals surface area contributed by atoms with Gasteiger partial charge in [-0.25, -0.2) is 8.42 Å². The molecule has 1 aliphatic rings. The van der Waals surface area contributed by atoms with E-state index in [9.17, 15) is 13.5 Å². The molecule has 0 aromatic heterocycles. The first-order valence-electron chi connectivity index (χ1n) is 5.42. The fourth-order valence-electron chi connectivity index (χ4n) is 1.87. The smallest absolute Gasteiger partial charge is 0.150 e. The van der Waals surface area contributed by atoms with Crippen LogP contribution < -0.4 is 5.32 Å². The summed E-state index contributed by atoms with van der Waals surface area (Å²) in [6.07, 6.45) is 1.22. The highest BCUT2D eigenvalue weighted by atomic mass is 35.5. The molecule has 2 rings (SSSR count). The van der Waals surface area contributed by atoms with Crippen LogP contribution >= 0.6 is 11.6 Å². The molecule has 94 valence electrons. The maximum atomic E-state index is 11.3. The van der Waals surface area contributed by atoms with Gasteiger partial charge in [0.15, 0.2) is 0 Å². The summed E-state index contributed by atoms with van der Waals surface area (Å²) in [5.74, 6) is 0.510. The van der Waals surface area contributed by atoms with Crippen LogP contribution in [0.4, 0.5) is 5.69 Å². The number of benzene rings is 1. The van der Waals surface area contributed by atoms with Crippen LogP contribution in [0.5, 0.6) is 5.75 Å². The molecule has 0 bridgehead atoms. The molecule has 6 heteroatoms. The van der Waals surface area contributed by atoms with Crippen molar-refractivity contribution in [1.82, 2.24) is 0 Å². The highest BCUT2D eigenvalue weighted by Gasteiger charge is 2.23. The van der Waals surface area contributed by atoms with Gasteiger partial charge in [-0.05, 0) is 31.0 Å². The second kappa shape index (κ2) is 4.74. The van der Waals surface area contributed by atoms with Gasteiger partial charge in [0, 0.05) is 11.7 Å². The number of sulfone groups is 1. The van der Waals surface area contributed by atoms with Crippen LogP contribution in [0.1, 0.15) is 12.8 Å². The van der Waals surface area contributed by atoms with Crippen LogP contribution in [0.2, 0.25) is 5.02 Å². The number of anilines is 1. The van der Waals surface area contributed by atoms with Crippen LogP contribution in [0, 0.1) is 0 Å². The molecular formula is C11H14ClNO3S. The standard InChI is InChI=1S/C11H14ClNO3S/c12-10-7-9(1-2-11(10)14)13-8-3-5-17(15,16)6-4-8/h1-2,7-8,13-14H,3-6H2. The van der Waals surface area contributed by atoms with E-state index in [0.29, 0.717) is 17.9 Å². The van der Waals surface area contributed by atoms with E-state index in [0.717, 1.165) is 5.69 Å². The number of hydrogen-bond donors (Lipinski definition) is 2. The molecule has 0 atom stereocenters. The number of rotatable bonds is 2. The van der Waals surface area contributed by atoms with E-state index >= 15 is 0 Å². The quantitative estimate of drug-likeness (QED) is 0.811. The number of aromatic hydroxyl groups is 1. The minimum atomic E-state index is -2.83. The van der Waals surface area contributed by atoms with Crippen molar-refractivity contribution in [2.75, 3.05) is 16.8 Å². The summed E-state index contributed by atoms with van der Waals surface area (Å²) < 4.78 is 22.5. The van der Waals surface area contributed by atoms with Gasteiger partial charge in [0.25, 0.3) is 0 Å². The maximum absolute atomic E-state index is 11.3. The SMILES string of the molecule is O=S1(=O)CCC(Nc2ccc(O)c(Cl)c2)CC1. The molecular weight excluding hydrogens is 262 g/mol. The third-order valence-electron chi connectivity index (χ3n) is 2.87. The molecule has 0 unspecified atom stereocenters. The number of hydrogen-bond acceptors (Lipinski definition) is 4. The number of phenols is 1. The molecule has 17 heavy (non-hydrogen) atoms. The van der Waals surface area contributed by atoms with Gasteiger partial charge in [0.2, 0.25) is 0 Å². The summed E-state index contributed by atoms with van der Waals surface area (Å²) in [6.45, 7) is 0. The zero-order valence-electron chi connectivity index (χ0n) is 9.19. The topological polar surface area (TPSA) is 66.4 Å². The monoisotopic (exact) mass is 275 g/mol. The van der Waals surface area contributed by atoms with Gasteiger partial charge in [-0.1, -0.05) is 11.6 Å². The average Bonchev–Trinajstić information content (AvgIpc) is 2.27. The summed E-state index contributed by atoms with van der Waals surface area (Å²) >= 11 is 5.79. The number of phenolic OH excluding ortho intramolecular Hbond substituents is 1. The van der Waals surface area contributed by atoms with E-state index in [2.05, 4.69) is 5.32 Å². The molecule has 0 amide bonds. The van der Waals surface area contributed by atoms with E-state index in [-0.39, 0.29) is 23.3 Å². The Kier molecular flexibility index (Phi) is 3.49. The Morgan fingerprint density at radius 2 is 1.94 bits per heavy atom. The van der Waals surface area contributed by atoms with Crippen molar-refractivity contribution < 1.29 is 13.5 Å². The molecule has 1 aliphatic heterocycles. The summed E-state index contributed by atoms with van der Waals surface area (Å²) in [4.78, 5) is 0. The van der Waals surface area contributed by atoms with Gasteiger partial charge >= 0.3 is 0 Å². The molecule has 4 nitrogen and oxygen atoms in total. The molecule has 1 saturated heterocycles. The maximum Gasteiger partial charge on any atom is 0.150 e. The highest BCUT2D eigenvalue weighted by Crippen LogP contribution is 2.27. The molecule has 0 radical (unpaired) electrons. The van der Waals surface area contributed by atoms with Crippen molar-refractivity contribution >= 4 is 27.1 Å². The lowest BCUT2D eigenvalue weighted by atomic mass is 10.1. The Balaban J connectivity index is 2.00. The van der Waals surface area contributed by atoms with Crippen molar-refractivity contribution in [3.8, 4) is 5.75 Å². The Morgan fingerprint density at radius 1 is 1.29 bits per heavy atom. The van der Waals surface area contributed by atoms with E-state index in [1.165, 1.54) is 6.07 Å². The number of halogens is 1. The predicted molar refractivity (Wildman–Crippen MR) is 68.4 cm³/mol. The van der Waals surface area contributed by atoms with E-state index < -0.39 is 9.84 Å². The first-order valence-corrected chi connectivity index (χ1v) is 7.62. The van der Waals surface area contributed by atoms with Crippen molar-refractivity contribution in [3.63, 3.8) is 0 Å². The van der Waals surface area contributed by atoms with E-state index in [4.69, 9.17) is 11.6 Å². The van der Waals surface area contributed by atoms with Crippen molar-refractivity contribution in [3.05, 3.63) is 23.2 Å². The summed E-state index contributed by atoms with van der Waals surface area (Å²) in [5.41, 5.74) is 0.803. The molecule has 1 fully saturated rings.